The molecule has 9 heteroatoms. The van der Waals surface area contributed by atoms with Crippen LogP contribution in [0.5, 0.6) is 5.75 Å². The van der Waals surface area contributed by atoms with E-state index in [1.165, 1.54) is 12.1 Å². The zero-order valence-corrected chi connectivity index (χ0v) is 11.6. The SMILES string of the molecule is N/C(=N/O)C(COc1ccc(Br)cc1Cl)C(F)(F)F. The first kappa shape index (κ1) is 15.9. The second kappa shape index (κ2) is 6.33. The molecule has 1 atom stereocenters. The zero-order chi connectivity index (χ0) is 14.6. The Morgan fingerprint density at radius 1 is 1.53 bits per heavy atom. The first-order chi connectivity index (χ1) is 8.75. The molecule has 3 N–H and O–H groups in total. The first-order valence-electron chi connectivity index (χ1n) is 4.87. The number of amidine groups is 1. The van der Waals surface area contributed by atoms with Crippen LogP contribution in [0.2, 0.25) is 5.02 Å². The number of benzene rings is 1. The third kappa shape index (κ3) is 4.46. The van der Waals surface area contributed by atoms with E-state index < -0.39 is 24.5 Å². The summed E-state index contributed by atoms with van der Waals surface area (Å²) in [5.74, 6) is -3.11. The van der Waals surface area contributed by atoms with Crippen molar-refractivity contribution in [1.29, 1.82) is 0 Å². The molecule has 0 aliphatic rings. The van der Waals surface area contributed by atoms with Crippen molar-refractivity contribution in [1.82, 2.24) is 0 Å². The van der Waals surface area contributed by atoms with Crippen LogP contribution in [-0.4, -0.2) is 23.8 Å². The molecule has 0 spiro atoms. The normalized spacial score (nSPS) is 14.3. The van der Waals surface area contributed by atoms with Crippen LogP contribution >= 0.6 is 27.5 Å². The Balaban J connectivity index is 2.82. The van der Waals surface area contributed by atoms with Gasteiger partial charge in [-0.1, -0.05) is 32.7 Å². The summed E-state index contributed by atoms with van der Waals surface area (Å²) in [6.45, 7) is -0.833. The molecule has 4 nitrogen and oxygen atoms in total. The number of ether oxygens (including phenoxy) is 1. The summed E-state index contributed by atoms with van der Waals surface area (Å²) in [6, 6.07) is 4.45. The summed E-state index contributed by atoms with van der Waals surface area (Å²) in [5.41, 5.74) is 4.99. The summed E-state index contributed by atoms with van der Waals surface area (Å²) in [4.78, 5) is 0. The topological polar surface area (TPSA) is 67.8 Å². The minimum atomic E-state index is -4.68. The number of hydrogen-bond acceptors (Lipinski definition) is 3. The highest BCUT2D eigenvalue weighted by atomic mass is 79.9. The van der Waals surface area contributed by atoms with Crippen molar-refractivity contribution < 1.29 is 23.1 Å². The van der Waals surface area contributed by atoms with E-state index in [1.54, 1.807) is 6.07 Å². The quantitative estimate of drug-likeness (QED) is 0.374. The Hall–Kier alpha value is -1.15. The van der Waals surface area contributed by atoms with Crippen molar-refractivity contribution in [3.63, 3.8) is 0 Å². The van der Waals surface area contributed by atoms with Gasteiger partial charge in [-0.25, -0.2) is 0 Å². The molecule has 0 aliphatic heterocycles. The zero-order valence-electron chi connectivity index (χ0n) is 9.29. The number of alkyl halides is 3. The van der Waals surface area contributed by atoms with Gasteiger partial charge in [-0.3, -0.25) is 0 Å². The Kier molecular flexibility index (Phi) is 5.30. The molecule has 1 aromatic rings. The maximum Gasteiger partial charge on any atom is 0.402 e. The predicted molar refractivity (Wildman–Crippen MR) is 67.6 cm³/mol. The Bertz CT molecular complexity index is 482. The van der Waals surface area contributed by atoms with E-state index in [-0.39, 0.29) is 10.8 Å². The van der Waals surface area contributed by atoms with Gasteiger partial charge in [0.1, 0.15) is 18.3 Å². The minimum absolute atomic E-state index is 0.0739. The highest BCUT2D eigenvalue weighted by Gasteiger charge is 2.43. The van der Waals surface area contributed by atoms with Gasteiger partial charge in [0.2, 0.25) is 0 Å². The van der Waals surface area contributed by atoms with Crippen LogP contribution in [0.25, 0.3) is 0 Å². The maximum atomic E-state index is 12.6. The average molecular weight is 362 g/mol. The lowest BCUT2D eigenvalue weighted by molar-refractivity contribution is -0.162. The fraction of sp³-hybridized carbons (Fsp3) is 0.300. The average Bonchev–Trinajstić information content (AvgIpc) is 2.29. The number of hydrogen-bond donors (Lipinski definition) is 2. The van der Waals surface area contributed by atoms with Crippen molar-refractivity contribution in [3.05, 3.63) is 27.7 Å². The summed E-state index contributed by atoms with van der Waals surface area (Å²) in [6.07, 6.45) is -4.68. The van der Waals surface area contributed by atoms with E-state index in [0.717, 1.165) is 0 Å². The second-order valence-electron chi connectivity index (χ2n) is 3.50. The number of oxime groups is 1. The molecule has 1 unspecified atom stereocenters. The highest BCUT2D eigenvalue weighted by molar-refractivity contribution is 9.10. The minimum Gasteiger partial charge on any atom is -0.491 e. The van der Waals surface area contributed by atoms with Crippen molar-refractivity contribution in [2.45, 2.75) is 6.18 Å². The van der Waals surface area contributed by atoms with Crippen LogP contribution in [0, 0.1) is 5.92 Å². The lowest BCUT2D eigenvalue weighted by atomic mass is 10.1. The van der Waals surface area contributed by atoms with E-state index in [2.05, 4.69) is 21.1 Å². The first-order valence-corrected chi connectivity index (χ1v) is 6.04. The summed E-state index contributed by atoms with van der Waals surface area (Å²) >= 11 is 8.94. The van der Waals surface area contributed by atoms with Gasteiger partial charge in [0.05, 0.1) is 5.02 Å². The van der Waals surface area contributed by atoms with E-state index in [0.29, 0.717) is 4.47 Å². The fourth-order valence-electron chi connectivity index (χ4n) is 1.18. The molecule has 1 rings (SSSR count). The molecular weight excluding hydrogens is 352 g/mol. The Labute approximate surface area is 120 Å². The summed E-state index contributed by atoms with van der Waals surface area (Å²) in [7, 11) is 0. The molecule has 0 bridgehead atoms. The monoisotopic (exact) mass is 360 g/mol. The van der Waals surface area contributed by atoms with Gasteiger partial charge >= 0.3 is 6.18 Å². The van der Waals surface area contributed by atoms with Crippen molar-refractivity contribution in [3.8, 4) is 5.75 Å². The lowest BCUT2D eigenvalue weighted by Crippen LogP contribution is -2.40. The van der Waals surface area contributed by atoms with Crippen LogP contribution < -0.4 is 10.5 Å². The van der Waals surface area contributed by atoms with Gasteiger partial charge in [-0.15, -0.1) is 0 Å². The molecule has 0 aliphatic carbocycles. The summed E-state index contributed by atoms with van der Waals surface area (Å²) in [5, 5.41) is 10.8. The van der Waals surface area contributed by atoms with E-state index in [4.69, 9.17) is 27.3 Å². The van der Waals surface area contributed by atoms with Crippen LogP contribution in [-0.2, 0) is 0 Å². The molecule has 0 saturated carbocycles. The third-order valence-electron chi connectivity index (χ3n) is 2.17. The third-order valence-corrected chi connectivity index (χ3v) is 2.96. The van der Waals surface area contributed by atoms with Crippen molar-refractivity contribution >= 4 is 33.4 Å². The Morgan fingerprint density at radius 2 is 2.16 bits per heavy atom. The van der Waals surface area contributed by atoms with Gasteiger partial charge in [0.15, 0.2) is 5.84 Å². The van der Waals surface area contributed by atoms with E-state index >= 15 is 0 Å². The van der Waals surface area contributed by atoms with Crippen LogP contribution in [0.15, 0.2) is 27.8 Å². The highest BCUT2D eigenvalue weighted by Crippen LogP contribution is 2.31. The van der Waals surface area contributed by atoms with Crippen LogP contribution in [0.3, 0.4) is 0 Å². The van der Waals surface area contributed by atoms with Crippen LogP contribution in [0.4, 0.5) is 13.2 Å². The van der Waals surface area contributed by atoms with Gasteiger partial charge < -0.3 is 15.7 Å². The van der Waals surface area contributed by atoms with Gasteiger partial charge in [-0.2, -0.15) is 13.2 Å². The molecule has 106 valence electrons. The fourth-order valence-corrected chi connectivity index (χ4v) is 1.91. The molecule has 0 fully saturated rings. The molecule has 0 amide bonds. The summed E-state index contributed by atoms with van der Waals surface area (Å²) < 4.78 is 43.5. The van der Waals surface area contributed by atoms with Gasteiger partial charge in [-0.05, 0) is 18.2 Å². The molecular formula is C10H9BrClF3N2O2. The van der Waals surface area contributed by atoms with Gasteiger partial charge in [0, 0.05) is 4.47 Å². The molecule has 0 saturated heterocycles. The van der Waals surface area contributed by atoms with Crippen molar-refractivity contribution in [2.75, 3.05) is 6.61 Å². The van der Waals surface area contributed by atoms with Crippen LogP contribution in [0.1, 0.15) is 0 Å². The maximum absolute atomic E-state index is 12.6. The lowest BCUT2D eigenvalue weighted by Gasteiger charge is -2.19. The molecule has 0 heterocycles. The second-order valence-corrected chi connectivity index (χ2v) is 4.83. The molecule has 19 heavy (non-hydrogen) atoms. The van der Waals surface area contributed by atoms with E-state index in [1.807, 2.05) is 0 Å². The molecule has 0 radical (unpaired) electrons. The smallest absolute Gasteiger partial charge is 0.402 e. The number of halogens is 5. The van der Waals surface area contributed by atoms with Crippen molar-refractivity contribution in [2.24, 2.45) is 16.8 Å². The molecule has 1 aromatic carbocycles. The molecule has 0 aromatic heterocycles. The number of nitrogens with two attached hydrogens (primary N) is 1. The standard InChI is InChI=1S/C10H9BrClF3N2O2/c11-5-1-2-8(7(12)3-5)19-4-6(9(16)17-18)10(13,14)15/h1-3,6,18H,4H2,(H2,16,17). The predicted octanol–water partition coefficient (Wildman–Crippen LogP) is 3.41. The van der Waals surface area contributed by atoms with Gasteiger partial charge in [0.25, 0.3) is 0 Å². The number of nitrogens with zero attached hydrogens (tertiary/aromatic N) is 1. The Morgan fingerprint density at radius 3 is 2.63 bits per heavy atom. The number of rotatable bonds is 4. The largest absolute Gasteiger partial charge is 0.491 e. The van der Waals surface area contributed by atoms with E-state index in [9.17, 15) is 13.2 Å².